The average Bonchev–Trinajstić information content (AvgIpc) is 3.42. The van der Waals surface area contributed by atoms with Crippen molar-refractivity contribution in [3.63, 3.8) is 0 Å². The first-order valence-electron chi connectivity index (χ1n) is 12.0. The normalized spacial score (nSPS) is 22.1. The molecule has 5 rings (SSSR count). The molecule has 38 heavy (non-hydrogen) atoms. The molecule has 11 nitrogen and oxygen atoms in total. The molecule has 0 aliphatic heterocycles. The van der Waals surface area contributed by atoms with Crippen molar-refractivity contribution in [1.82, 2.24) is 19.9 Å². The first-order valence-corrected chi connectivity index (χ1v) is 14.3. The predicted molar refractivity (Wildman–Crippen MR) is 147 cm³/mol. The van der Waals surface area contributed by atoms with Gasteiger partial charge >= 0.3 is 0 Å². The summed E-state index contributed by atoms with van der Waals surface area (Å²) in [4.78, 5) is 17.6. The van der Waals surface area contributed by atoms with Gasteiger partial charge in [-0.15, -0.1) is 11.3 Å². The molecule has 3 heterocycles. The van der Waals surface area contributed by atoms with Crippen LogP contribution in [-0.4, -0.2) is 61.6 Å². The highest BCUT2D eigenvalue weighted by Crippen LogP contribution is 2.44. The number of thiazole rings is 1. The number of nitrogens with two attached hydrogens (primary N) is 2. The van der Waals surface area contributed by atoms with E-state index < -0.39 is 38.8 Å². The zero-order chi connectivity index (χ0) is 27.4. The number of rotatable bonds is 6. The maximum atomic E-state index is 13.5. The number of aromatic nitrogens is 4. The van der Waals surface area contributed by atoms with E-state index in [1.54, 1.807) is 45.2 Å². The molecule has 4 atom stereocenters. The molecule has 7 N–H and O–H groups in total. The Labute approximate surface area is 223 Å². The van der Waals surface area contributed by atoms with Crippen molar-refractivity contribution in [3.8, 4) is 10.6 Å². The summed E-state index contributed by atoms with van der Waals surface area (Å²) in [7, 11) is -3.83. The standard InChI is InChI=1S/C25H29N7O4S2/c1-12-17(23-31-18-16(37-23)9-10-28-21(18)26)22(32-24(27)29-12)30-15-11-14(19(33)20(15)34)25(2,3)38(35,36)13-7-5-4-6-8-13/h4-10,14-15,19-20,33-34H,11H2,1-3H3,(H2,26,28)(H3,27,29,30,32)/t14-,15+,19+,20-/m0/s1. The fourth-order valence-electron chi connectivity index (χ4n) is 5.08. The van der Waals surface area contributed by atoms with Gasteiger partial charge in [-0.2, -0.15) is 4.98 Å². The molecule has 1 aliphatic rings. The lowest BCUT2D eigenvalue weighted by atomic mass is 9.91. The van der Waals surface area contributed by atoms with Crippen LogP contribution in [0.15, 0.2) is 47.5 Å². The van der Waals surface area contributed by atoms with Gasteiger partial charge in [0.15, 0.2) is 15.7 Å². The second-order valence-electron chi connectivity index (χ2n) is 9.95. The summed E-state index contributed by atoms with van der Waals surface area (Å²) in [6.45, 7) is 4.93. The lowest BCUT2D eigenvalue weighted by Crippen LogP contribution is -2.45. The molecule has 0 unspecified atom stereocenters. The summed E-state index contributed by atoms with van der Waals surface area (Å²) in [5.74, 6) is -0.126. The highest BCUT2D eigenvalue weighted by Gasteiger charge is 2.54. The molecule has 0 saturated heterocycles. The van der Waals surface area contributed by atoms with Gasteiger partial charge in [-0.1, -0.05) is 18.2 Å². The topological polar surface area (TPSA) is 190 Å². The Morgan fingerprint density at radius 3 is 2.45 bits per heavy atom. The highest BCUT2D eigenvalue weighted by atomic mass is 32.2. The number of benzene rings is 1. The Morgan fingerprint density at radius 1 is 1.05 bits per heavy atom. The Kier molecular flexibility index (Phi) is 6.50. The van der Waals surface area contributed by atoms with Crippen LogP contribution in [0.5, 0.6) is 0 Å². The Bertz CT molecular complexity index is 1610. The SMILES string of the molecule is Cc1nc(N)nc(N[C@@H]2C[C@H](C(C)(C)S(=O)(=O)c3ccccc3)[C@@H](O)[C@H]2O)c1-c1nc2c(N)nccc2s1. The second kappa shape index (κ2) is 9.42. The smallest absolute Gasteiger partial charge is 0.222 e. The second-order valence-corrected chi connectivity index (χ2v) is 13.5. The van der Waals surface area contributed by atoms with Crippen LogP contribution in [0.3, 0.4) is 0 Å². The van der Waals surface area contributed by atoms with Crippen molar-refractivity contribution in [2.45, 2.75) is 55.1 Å². The van der Waals surface area contributed by atoms with Crippen LogP contribution in [0.4, 0.5) is 17.6 Å². The molecule has 1 aliphatic carbocycles. The van der Waals surface area contributed by atoms with E-state index in [-0.39, 0.29) is 17.3 Å². The third kappa shape index (κ3) is 4.25. The van der Waals surface area contributed by atoms with Crippen molar-refractivity contribution in [2.75, 3.05) is 16.8 Å². The fraction of sp³-hybridized carbons (Fsp3) is 0.360. The monoisotopic (exact) mass is 555 g/mol. The number of anilines is 3. The van der Waals surface area contributed by atoms with Crippen molar-refractivity contribution in [1.29, 1.82) is 0 Å². The average molecular weight is 556 g/mol. The Morgan fingerprint density at radius 2 is 1.76 bits per heavy atom. The molecule has 1 fully saturated rings. The van der Waals surface area contributed by atoms with Crippen LogP contribution >= 0.6 is 11.3 Å². The lowest BCUT2D eigenvalue weighted by Gasteiger charge is -2.33. The summed E-state index contributed by atoms with van der Waals surface area (Å²) >= 11 is 1.38. The minimum absolute atomic E-state index is 0.0209. The number of sulfone groups is 1. The minimum Gasteiger partial charge on any atom is -0.390 e. The third-order valence-corrected chi connectivity index (χ3v) is 10.9. The van der Waals surface area contributed by atoms with E-state index in [0.717, 1.165) is 4.70 Å². The number of pyridine rings is 1. The molecule has 4 aromatic rings. The summed E-state index contributed by atoms with van der Waals surface area (Å²) in [6, 6.07) is 9.21. The molecule has 13 heteroatoms. The minimum atomic E-state index is -3.83. The van der Waals surface area contributed by atoms with Crippen LogP contribution in [0.2, 0.25) is 0 Å². The van der Waals surface area contributed by atoms with Gasteiger partial charge in [0.2, 0.25) is 5.95 Å². The van der Waals surface area contributed by atoms with Crippen LogP contribution in [0, 0.1) is 12.8 Å². The van der Waals surface area contributed by atoms with Gasteiger partial charge in [0.1, 0.15) is 22.4 Å². The molecule has 0 amide bonds. The number of hydrogen-bond acceptors (Lipinski definition) is 12. The van der Waals surface area contributed by atoms with E-state index in [1.165, 1.54) is 23.5 Å². The molecule has 3 aromatic heterocycles. The number of nitrogen functional groups attached to an aromatic ring is 2. The van der Waals surface area contributed by atoms with Gasteiger partial charge in [0.05, 0.1) is 37.7 Å². The van der Waals surface area contributed by atoms with E-state index in [9.17, 15) is 18.6 Å². The van der Waals surface area contributed by atoms with Gasteiger partial charge < -0.3 is 27.0 Å². The molecule has 0 bridgehead atoms. The van der Waals surface area contributed by atoms with E-state index in [4.69, 9.17) is 11.5 Å². The first kappa shape index (κ1) is 26.2. The van der Waals surface area contributed by atoms with E-state index >= 15 is 0 Å². The Balaban J connectivity index is 1.50. The van der Waals surface area contributed by atoms with Crippen LogP contribution < -0.4 is 16.8 Å². The first-order chi connectivity index (χ1) is 17.9. The van der Waals surface area contributed by atoms with Crippen LogP contribution in [-0.2, 0) is 9.84 Å². The highest BCUT2D eigenvalue weighted by molar-refractivity contribution is 7.92. The number of aliphatic hydroxyl groups excluding tert-OH is 2. The van der Waals surface area contributed by atoms with Crippen molar-refractivity contribution >= 4 is 49.0 Å². The fourth-order valence-corrected chi connectivity index (χ4v) is 7.91. The van der Waals surface area contributed by atoms with Gasteiger partial charge in [-0.3, -0.25) is 0 Å². The van der Waals surface area contributed by atoms with E-state index in [2.05, 4.69) is 25.3 Å². The van der Waals surface area contributed by atoms with E-state index in [1.807, 2.05) is 6.07 Å². The number of hydrogen-bond donors (Lipinski definition) is 5. The van der Waals surface area contributed by atoms with Crippen LogP contribution in [0.25, 0.3) is 20.8 Å². The molecule has 200 valence electrons. The third-order valence-electron chi connectivity index (χ3n) is 7.30. The summed E-state index contributed by atoms with van der Waals surface area (Å²) < 4.78 is 26.5. The number of nitrogens with zero attached hydrogens (tertiary/aromatic N) is 4. The lowest BCUT2D eigenvalue weighted by molar-refractivity contribution is 0.0105. The molecular formula is C25H29N7O4S2. The van der Waals surface area contributed by atoms with Gasteiger partial charge in [0, 0.05) is 12.1 Å². The van der Waals surface area contributed by atoms with Gasteiger partial charge in [-0.25, -0.2) is 23.4 Å². The summed E-state index contributed by atoms with van der Waals surface area (Å²) in [5.41, 5.74) is 13.6. The van der Waals surface area contributed by atoms with E-state index in [0.29, 0.717) is 33.4 Å². The van der Waals surface area contributed by atoms with Gasteiger partial charge in [-0.05, 0) is 45.4 Å². The van der Waals surface area contributed by atoms with Crippen molar-refractivity contribution < 1.29 is 18.6 Å². The molecule has 0 radical (unpaired) electrons. The van der Waals surface area contributed by atoms with Gasteiger partial charge in [0.25, 0.3) is 0 Å². The predicted octanol–water partition coefficient (Wildman–Crippen LogP) is 2.40. The number of fused-ring (bicyclic) bond motifs is 1. The maximum Gasteiger partial charge on any atom is 0.222 e. The molecule has 1 saturated carbocycles. The molecular weight excluding hydrogens is 526 g/mol. The maximum absolute atomic E-state index is 13.5. The Hall–Kier alpha value is -3.39. The van der Waals surface area contributed by atoms with Crippen molar-refractivity contribution in [2.24, 2.45) is 5.92 Å². The van der Waals surface area contributed by atoms with Crippen molar-refractivity contribution in [3.05, 3.63) is 48.3 Å². The quantitative estimate of drug-likeness (QED) is 0.235. The summed E-state index contributed by atoms with van der Waals surface area (Å²) in [6.07, 6.45) is -0.782. The molecule has 1 aromatic carbocycles. The number of aliphatic hydroxyl groups is 2. The van der Waals surface area contributed by atoms with Crippen LogP contribution in [0.1, 0.15) is 26.0 Å². The number of nitrogens with one attached hydrogen (secondary N) is 1. The molecule has 0 spiro atoms. The number of aryl methyl sites for hydroxylation is 1. The summed E-state index contributed by atoms with van der Waals surface area (Å²) in [5, 5.41) is 25.8. The zero-order valence-electron chi connectivity index (χ0n) is 21.0. The largest absolute Gasteiger partial charge is 0.390 e. The zero-order valence-corrected chi connectivity index (χ0v) is 22.7.